The summed E-state index contributed by atoms with van der Waals surface area (Å²) in [6.45, 7) is 2.15. The lowest BCUT2D eigenvalue weighted by molar-refractivity contribution is -0.183. The molecule has 2 nitrogen and oxygen atoms in total. The van der Waals surface area contributed by atoms with Crippen LogP contribution in [-0.4, -0.2) is 24.2 Å². The molecule has 0 saturated carbocycles. The molecule has 0 heterocycles. The lowest BCUT2D eigenvalue weighted by Crippen LogP contribution is -2.43. The lowest BCUT2D eigenvalue weighted by Gasteiger charge is -2.29. The first kappa shape index (κ1) is 15.5. The zero-order valence-corrected chi connectivity index (χ0v) is 11.0. The Morgan fingerprint density at radius 1 is 1.26 bits per heavy atom. The highest BCUT2D eigenvalue weighted by molar-refractivity contribution is 5.21. The Morgan fingerprint density at radius 2 is 1.84 bits per heavy atom. The maximum atomic E-state index is 12.9. The molecule has 5 heteroatoms. The summed E-state index contributed by atoms with van der Waals surface area (Å²) in [5.41, 5.74) is 1.91. The number of nitrogens with zero attached hydrogens (tertiary/aromatic N) is 2. The normalized spacial score (nSPS) is 13.3. The van der Waals surface area contributed by atoms with E-state index in [9.17, 15) is 13.2 Å². The fourth-order valence-corrected chi connectivity index (χ4v) is 1.93. The van der Waals surface area contributed by atoms with Gasteiger partial charge in [-0.15, -0.1) is 0 Å². The molecular weight excluding hydrogens is 253 g/mol. The van der Waals surface area contributed by atoms with E-state index < -0.39 is 12.2 Å². The summed E-state index contributed by atoms with van der Waals surface area (Å²) in [5.74, 6) is 0. The lowest BCUT2D eigenvalue weighted by atomic mass is 10.1. The zero-order chi connectivity index (χ0) is 14.5. The minimum absolute atomic E-state index is 0.0948. The van der Waals surface area contributed by atoms with Gasteiger partial charge in [0.05, 0.1) is 6.07 Å². The number of hydrogen-bond donors (Lipinski definition) is 0. The van der Waals surface area contributed by atoms with Crippen molar-refractivity contribution in [2.45, 2.75) is 38.5 Å². The molecule has 0 fully saturated rings. The van der Waals surface area contributed by atoms with Crippen molar-refractivity contribution in [3.63, 3.8) is 0 Å². The molecule has 1 atom stereocenters. The minimum Gasteiger partial charge on any atom is -0.291 e. The fraction of sp³-hybridized carbons (Fsp3) is 0.500. The van der Waals surface area contributed by atoms with Crippen LogP contribution < -0.4 is 0 Å². The van der Waals surface area contributed by atoms with Crippen LogP contribution >= 0.6 is 0 Å². The van der Waals surface area contributed by atoms with Crippen LogP contribution in [-0.2, 0) is 6.54 Å². The second-order valence-corrected chi connectivity index (χ2v) is 4.65. The van der Waals surface area contributed by atoms with Gasteiger partial charge < -0.3 is 0 Å². The molecule has 104 valence electrons. The van der Waals surface area contributed by atoms with E-state index in [0.29, 0.717) is 0 Å². The molecule has 0 radical (unpaired) electrons. The number of halogens is 3. The van der Waals surface area contributed by atoms with Gasteiger partial charge in [0.2, 0.25) is 0 Å². The highest BCUT2D eigenvalue weighted by Gasteiger charge is 2.41. The molecule has 0 saturated heterocycles. The second-order valence-electron chi connectivity index (χ2n) is 4.65. The first-order valence-corrected chi connectivity index (χ1v) is 6.04. The second kappa shape index (κ2) is 6.58. The Bertz CT molecular complexity index is 431. The van der Waals surface area contributed by atoms with Crippen molar-refractivity contribution in [1.82, 2.24) is 4.90 Å². The Kier molecular flexibility index (Phi) is 5.37. The maximum Gasteiger partial charge on any atom is 0.404 e. The predicted molar refractivity (Wildman–Crippen MR) is 67.3 cm³/mol. The van der Waals surface area contributed by atoms with Crippen molar-refractivity contribution in [3.05, 3.63) is 35.4 Å². The highest BCUT2D eigenvalue weighted by atomic mass is 19.4. The molecule has 0 aliphatic heterocycles. The van der Waals surface area contributed by atoms with Crippen molar-refractivity contribution in [2.75, 3.05) is 7.05 Å². The van der Waals surface area contributed by atoms with Gasteiger partial charge >= 0.3 is 6.18 Å². The Balaban J connectivity index is 2.74. The third-order valence-corrected chi connectivity index (χ3v) is 2.99. The van der Waals surface area contributed by atoms with Gasteiger partial charge in [0, 0.05) is 13.0 Å². The molecule has 0 aromatic heterocycles. The zero-order valence-electron chi connectivity index (χ0n) is 11.0. The molecule has 0 aliphatic carbocycles. The van der Waals surface area contributed by atoms with Gasteiger partial charge in [-0.1, -0.05) is 29.8 Å². The fourth-order valence-electron chi connectivity index (χ4n) is 1.93. The van der Waals surface area contributed by atoms with Crippen LogP contribution in [0.5, 0.6) is 0 Å². The highest BCUT2D eigenvalue weighted by Crippen LogP contribution is 2.28. The summed E-state index contributed by atoms with van der Waals surface area (Å²) in [7, 11) is 1.44. The third kappa shape index (κ3) is 4.92. The summed E-state index contributed by atoms with van der Waals surface area (Å²) < 4.78 is 38.7. The number of rotatable bonds is 5. The first-order chi connectivity index (χ1) is 8.84. The standard InChI is InChI=1S/C14H17F3N2/c1-11-5-7-12(8-6-11)10-19(2)13(4-3-9-18)14(15,16)17/h5-8,13H,3-4,10H2,1-2H3. The van der Waals surface area contributed by atoms with E-state index in [1.54, 1.807) is 6.07 Å². The van der Waals surface area contributed by atoms with Crippen LogP contribution in [0.15, 0.2) is 24.3 Å². The Labute approximate surface area is 111 Å². The number of aryl methyl sites for hydroxylation is 1. The van der Waals surface area contributed by atoms with Gasteiger partial charge in [-0.05, 0) is 26.0 Å². The van der Waals surface area contributed by atoms with E-state index >= 15 is 0 Å². The third-order valence-electron chi connectivity index (χ3n) is 2.99. The molecule has 0 aliphatic rings. The van der Waals surface area contributed by atoms with Crippen LogP contribution in [0, 0.1) is 18.3 Å². The Morgan fingerprint density at radius 3 is 2.32 bits per heavy atom. The summed E-state index contributed by atoms with van der Waals surface area (Å²) in [4.78, 5) is 1.25. The number of benzene rings is 1. The molecule has 19 heavy (non-hydrogen) atoms. The molecule has 1 aromatic carbocycles. The van der Waals surface area contributed by atoms with E-state index in [1.165, 1.54) is 11.9 Å². The van der Waals surface area contributed by atoms with Gasteiger partial charge in [0.25, 0.3) is 0 Å². The summed E-state index contributed by atoms with van der Waals surface area (Å²) in [6.07, 6.45) is -4.60. The van der Waals surface area contributed by atoms with Gasteiger partial charge in [0.1, 0.15) is 6.04 Å². The van der Waals surface area contributed by atoms with Gasteiger partial charge in [-0.2, -0.15) is 18.4 Å². The average Bonchev–Trinajstić information content (AvgIpc) is 2.31. The topological polar surface area (TPSA) is 27.0 Å². The van der Waals surface area contributed by atoms with Gasteiger partial charge in [-0.25, -0.2) is 0 Å². The quantitative estimate of drug-likeness (QED) is 0.816. The van der Waals surface area contributed by atoms with Crippen LogP contribution in [0.4, 0.5) is 13.2 Å². The molecule has 0 bridgehead atoms. The number of nitriles is 1. The number of alkyl halides is 3. The van der Waals surface area contributed by atoms with E-state index in [-0.39, 0.29) is 19.4 Å². The van der Waals surface area contributed by atoms with Crippen LogP contribution in [0.3, 0.4) is 0 Å². The molecule has 1 rings (SSSR count). The summed E-state index contributed by atoms with van der Waals surface area (Å²) in [6, 6.07) is 7.59. The summed E-state index contributed by atoms with van der Waals surface area (Å²) in [5, 5.41) is 8.45. The van der Waals surface area contributed by atoms with E-state index in [2.05, 4.69) is 0 Å². The van der Waals surface area contributed by atoms with E-state index in [4.69, 9.17) is 5.26 Å². The average molecular weight is 270 g/mol. The monoisotopic (exact) mass is 270 g/mol. The van der Waals surface area contributed by atoms with Crippen molar-refractivity contribution in [3.8, 4) is 6.07 Å². The van der Waals surface area contributed by atoms with Crippen LogP contribution in [0.1, 0.15) is 24.0 Å². The van der Waals surface area contributed by atoms with Gasteiger partial charge in [0.15, 0.2) is 0 Å². The minimum atomic E-state index is -4.31. The SMILES string of the molecule is Cc1ccc(CN(C)C(CCC#N)C(F)(F)F)cc1. The molecular formula is C14H17F3N2. The van der Waals surface area contributed by atoms with Crippen LogP contribution in [0.25, 0.3) is 0 Å². The molecule has 1 aromatic rings. The smallest absolute Gasteiger partial charge is 0.291 e. The van der Waals surface area contributed by atoms with Crippen molar-refractivity contribution >= 4 is 0 Å². The number of hydrogen-bond acceptors (Lipinski definition) is 2. The molecule has 0 N–H and O–H groups in total. The summed E-state index contributed by atoms with van der Waals surface area (Å²) >= 11 is 0. The first-order valence-electron chi connectivity index (χ1n) is 6.04. The van der Waals surface area contributed by atoms with Crippen molar-refractivity contribution < 1.29 is 13.2 Å². The predicted octanol–water partition coefficient (Wildman–Crippen LogP) is 3.66. The van der Waals surface area contributed by atoms with E-state index in [1.807, 2.05) is 31.2 Å². The van der Waals surface area contributed by atoms with Crippen molar-refractivity contribution in [1.29, 1.82) is 5.26 Å². The largest absolute Gasteiger partial charge is 0.404 e. The molecule has 0 spiro atoms. The molecule has 1 unspecified atom stereocenters. The van der Waals surface area contributed by atoms with Crippen molar-refractivity contribution in [2.24, 2.45) is 0 Å². The maximum absolute atomic E-state index is 12.9. The van der Waals surface area contributed by atoms with Gasteiger partial charge in [-0.3, -0.25) is 4.90 Å². The molecule has 0 amide bonds. The van der Waals surface area contributed by atoms with E-state index in [0.717, 1.165) is 11.1 Å². The van der Waals surface area contributed by atoms with Crippen LogP contribution in [0.2, 0.25) is 0 Å². The Hall–Kier alpha value is -1.54.